The SMILES string of the molecule is CON=C(C)c1ccc2c(c1)c1c(n2Cc2ccccn2)CCC(NC(=O)C2CC2)C1. The van der Waals surface area contributed by atoms with E-state index in [1.54, 1.807) is 7.11 Å². The van der Waals surface area contributed by atoms with Crippen LogP contribution in [0.25, 0.3) is 10.9 Å². The first-order chi connectivity index (χ1) is 15.1. The Morgan fingerprint density at radius 1 is 1.26 bits per heavy atom. The van der Waals surface area contributed by atoms with E-state index in [-0.39, 0.29) is 17.9 Å². The maximum atomic E-state index is 12.4. The Balaban J connectivity index is 1.55. The van der Waals surface area contributed by atoms with Crippen LogP contribution < -0.4 is 5.32 Å². The number of hydrogen-bond acceptors (Lipinski definition) is 4. The molecule has 1 N–H and O–H groups in total. The fourth-order valence-corrected chi connectivity index (χ4v) is 4.69. The highest BCUT2D eigenvalue weighted by Crippen LogP contribution is 2.35. The molecule has 2 aliphatic rings. The summed E-state index contributed by atoms with van der Waals surface area (Å²) in [5.74, 6) is 0.473. The van der Waals surface area contributed by atoms with Crippen molar-refractivity contribution >= 4 is 22.5 Å². The third-order valence-corrected chi connectivity index (χ3v) is 6.45. The van der Waals surface area contributed by atoms with E-state index in [9.17, 15) is 4.79 Å². The monoisotopic (exact) mass is 416 g/mol. The molecule has 1 atom stereocenters. The number of amides is 1. The van der Waals surface area contributed by atoms with Gasteiger partial charge in [-0.15, -0.1) is 0 Å². The number of hydrogen-bond donors (Lipinski definition) is 1. The third-order valence-electron chi connectivity index (χ3n) is 6.45. The van der Waals surface area contributed by atoms with E-state index in [4.69, 9.17) is 4.84 Å². The number of carbonyl (C=O) groups excluding carboxylic acids is 1. The number of nitrogens with zero attached hydrogens (tertiary/aromatic N) is 3. The molecular weight excluding hydrogens is 388 g/mol. The van der Waals surface area contributed by atoms with Gasteiger partial charge < -0.3 is 14.7 Å². The van der Waals surface area contributed by atoms with Crippen LogP contribution in [0.5, 0.6) is 0 Å². The molecule has 0 saturated heterocycles. The molecular formula is C25H28N4O2. The lowest BCUT2D eigenvalue weighted by Crippen LogP contribution is -2.39. The largest absolute Gasteiger partial charge is 0.399 e. The first-order valence-electron chi connectivity index (χ1n) is 11.1. The van der Waals surface area contributed by atoms with Gasteiger partial charge in [0.05, 0.1) is 18.0 Å². The summed E-state index contributed by atoms with van der Waals surface area (Å²) in [6.45, 7) is 2.71. The maximum Gasteiger partial charge on any atom is 0.223 e. The van der Waals surface area contributed by atoms with Crippen LogP contribution in [-0.2, 0) is 29.0 Å². The number of nitrogens with one attached hydrogen (secondary N) is 1. The first kappa shape index (κ1) is 19.8. The van der Waals surface area contributed by atoms with Gasteiger partial charge in [-0.1, -0.05) is 17.3 Å². The summed E-state index contributed by atoms with van der Waals surface area (Å²) < 4.78 is 2.40. The summed E-state index contributed by atoms with van der Waals surface area (Å²) >= 11 is 0. The summed E-state index contributed by atoms with van der Waals surface area (Å²) in [7, 11) is 1.57. The standard InChI is InChI=1S/C25H28N4O2/c1-16(28-31-2)18-8-10-23-21(13-18)22-14-19(27-25(30)17-6-7-17)9-11-24(22)29(23)15-20-5-3-4-12-26-20/h3-5,8,10,12-13,17,19H,6-7,9,11,14-15H2,1-2H3,(H,27,30). The lowest BCUT2D eigenvalue weighted by atomic mass is 9.90. The van der Waals surface area contributed by atoms with Crippen molar-refractivity contribution in [3.63, 3.8) is 0 Å². The van der Waals surface area contributed by atoms with Gasteiger partial charge in [0.25, 0.3) is 0 Å². The molecule has 5 rings (SSSR count). The van der Waals surface area contributed by atoms with Crippen LogP contribution in [0.3, 0.4) is 0 Å². The zero-order valence-corrected chi connectivity index (χ0v) is 18.1. The molecule has 2 aliphatic carbocycles. The van der Waals surface area contributed by atoms with Crippen molar-refractivity contribution in [1.82, 2.24) is 14.9 Å². The van der Waals surface area contributed by atoms with Crippen LogP contribution in [0, 0.1) is 5.92 Å². The number of carbonyl (C=O) groups is 1. The fraction of sp³-hybridized carbons (Fsp3) is 0.400. The molecule has 1 aromatic carbocycles. The van der Waals surface area contributed by atoms with Crippen LogP contribution in [0.2, 0.25) is 0 Å². The molecule has 6 nitrogen and oxygen atoms in total. The summed E-state index contributed by atoms with van der Waals surface area (Å²) in [6, 6.07) is 12.8. The van der Waals surface area contributed by atoms with Gasteiger partial charge >= 0.3 is 0 Å². The Labute approximate surface area is 182 Å². The van der Waals surface area contributed by atoms with Crippen molar-refractivity contribution in [2.75, 3.05) is 7.11 Å². The molecule has 160 valence electrons. The molecule has 0 aliphatic heterocycles. The fourth-order valence-electron chi connectivity index (χ4n) is 4.69. The van der Waals surface area contributed by atoms with Gasteiger partial charge in [0.15, 0.2) is 0 Å². The van der Waals surface area contributed by atoms with Crippen LogP contribution in [0.1, 0.15) is 48.7 Å². The van der Waals surface area contributed by atoms with E-state index < -0.39 is 0 Å². The van der Waals surface area contributed by atoms with Crippen molar-refractivity contribution in [1.29, 1.82) is 0 Å². The van der Waals surface area contributed by atoms with Crippen molar-refractivity contribution in [2.45, 2.75) is 51.6 Å². The van der Waals surface area contributed by atoms with Gasteiger partial charge in [0, 0.05) is 34.8 Å². The molecule has 3 aromatic rings. The highest BCUT2D eigenvalue weighted by atomic mass is 16.6. The van der Waals surface area contributed by atoms with Crippen LogP contribution in [-0.4, -0.2) is 34.3 Å². The molecule has 2 heterocycles. The number of benzene rings is 1. The molecule has 0 spiro atoms. The van der Waals surface area contributed by atoms with Crippen LogP contribution in [0.4, 0.5) is 0 Å². The maximum absolute atomic E-state index is 12.4. The molecule has 2 aromatic heterocycles. The van der Waals surface area contributed by atoms with Gasteiger partial charge in [-0.25, -0.2) is 0 Å². The smallest absolute Gasteiger partial charge is 0.223 e. The van der Waals surface area contributed by atoms with E-state index in [2.05, 4.69) is 44.3 Å². The Morgan fingerprint density at radius 2 is 2.13 bits per heavy atom. The zero-order chi connectivity index (χ0) is 21.4. The molecule has 1 saturated carbocycles. The van der Waals surface area contributed by atoms with Crippen LogP contribution >= 0.6 is 0 Å². The van der Waals surface area contributed by atoms with Gasteiger partial charge in [-0.2, -0.15) is 0 Å². The highest BCUT2D eigenvalue weighted by Gasteiger charge is 2.33. The Hall–Kier alpha value is -3.15. The second-order valence-corrected chi connectivity index (χ2v) is 8.65. The van der Waals surface area contributed by atoms with Gasteiger partial charge in [0.1, 0.15) is 7.11 Å². The molecule has 1 fully saturated rings. The highest BCUT2D eigenvalue weighted by molar-refractivity contribution is 6.02. The predicted molar refractivity (Wildman–Crippen MR) is 121 cm³/mol. The lowest BCUT2D eigenvalue weighted by Gasteiger charge is -2.25. The van der Waals surface area contributed by atoms with Gasteiger partial charge in [-0.05, 0) is 74.4 Å². The van der Waals surface area contributed by atoms with E-state index in [0.717, 1.165) is 55.6 Å². The average molecular weight is 417 g/mol. The van der Waals surface area contributed by atoms with E-state index in [0.29, 0.717) is 0 Å². The number of rotatable bonds is 6. The lowest BCUT2D eigenvalue weighted by molar-refractivity contribution is -0.123. The third kappa shape index (κ3) is 3.94. The predicted octanol–water partition coefficient (Wildman–Crippen LogP) is 3.84. The zero-order valence-electron chi connectivity index (χ0n) is 18.1. The quantitative estimate of drug-likeness (QED) is 0.490. The minimum Gasteiger partial charge on any atom is -0.399 e. The summed E-state index contributed by atoms with van der Waals surface area (Å²) in [5.41, 5.74) is 6.86. The Bertz CT molecular complexity index is 1150. The molecule has 0 bridgehead atoms. The minimum absolute atomic E-state index is 0.201. The number of fused-ring (bicyclic) bond motifs is 3. The van der Waals surface area contributed by atoms with Crippen molar-refractivity contribution in [3.05, 3.63) is 65.1 Å². The van der Waals surface area contributed by atoms with Crippen LogP contribution in [0.15, 0.2) is 47.8 Å². The summed E-state index contributed by atoms with van der Waals surface area (Å²) in [4.78, 5) is 21.9. The molecule has 0 radical (unpaired) electrons. The molecule has 1 amide bonds. The topological polar surface area (TPSA) is 68.5 Å². The Kier molecular flexibility index (Phi) is 5.22. The van der Waals surface area contributed by atoms with E-state index in [1.807, 2.05) is 25.3 Å². The van der Waals surface area contributed by atoms with Gasteiger partial charge in [-0.3, -0.25) is 9.78 Å². The van der Waals surface area contributed by atoms with Crippen molar-refractivity contribution in [3.8, 4) is 0 Å². The number of pyridine rings is 1. The first-order valence-corrected chi connectivity index (χ1v) is 11.1. The minimum atomic E-state index is 0.201. The van der Waals surface area contributed by atoms with Crippen molar-refractivity contribution in [2.24, 2.45) is 11.1 Å². The second kappa shape index (κ2) is 8.17. The number of oxime groups is 1. The van der Waals surface area contributed by atoms with Gasteiger partial charge in [0.2, 0.25) is 5.91 Å². The molecule has 31 heavy (non-hydrogen) atoms. The summed E-state index contributed by atoms with van der Waals surface area (Å²) in [6.07, 6.45) is 6.71. The normalized spacial score (nSPS) is 18.6. The second-order valence-electron chi connectivity index (χ2n) is 8.65. The number of aromatic nitrogens is 2. The average Bonchev–Trinajstić information content (AvgIpc) is 3.60. The molecule has 1 unspecified atom stereocenters. The van der Waals surface area contributed by atoms with E-state index >= 15 is 0 Å². The van der Waals surface area contributed by atoms with Crippen molar-refractivity contribution < 1.29 is 9.63 Å². The van der Waals surface area contributed by atoms with E-state index in [1.165, 1.54) is 22.2 Å². The molecule has 6 heteroatoms. The summed E-state index contributed by atoms with van der Waals surface area (Å²) in [5, 5.41) is 8.65. The Morgan fingerprint density at radius 3 is 2.87 bits per heavy atom.